The molecule has 4 nitrogen and oxygen atoms in total. The van der Waals surface area contributed by atoms with Crippen molar-refractivity contribution in [3.63, 3.8) is 0 Å². The minimum absolute atomic E-state index is 0.0162. The number of carbonyl (C=O) groups is 1. The lowest BCUT2D eigenvalue weighted by Crippen LogP contribution is -2.43. The van der Waals surface area contributed by atoms with E-state index >= 15 is 0 Å². The lowest BCUT2D eigenvalue weighted by Gasteiger charge is -2.29. The van der Waals surface area contributed by atoms with E-state index in [4.69, 9.17) is 4.74 Å². The van der Waals surface area contributed by atoms with Crippen LogP contribution in [0.5, 0.6) is 5.75 Å². The van der Waals surface area contributed by atoms with Gasteiger partial charge < -0.3 is 10.1 Å². The van der Waals surface area contributed by atoms with Gasteiger partial charge in [0.05, 0.1) is 6.61 Å². The Bertz CT molecular complexity index is 682. The van der Waals surface area contributed by atoms with Gasteiger partial charge in [0, 0.05) is 18.8 Å². The molecule has 0 saturated carbocycles. The molecule has 126 valence electrons. The number of nitrogens with zero attached hydrogens (tertiary/aromatic N) is 1. The van der Waals surface area contributed by atoms with Crippen molar-refractivity contribution in [2.75, 3.05) is 24.6 Å². The van der Waals surface area contributed by atoms with Gasteiger partial charge in [0.2, 0.25) is 0 Å². The molecule has 0 radical (unpaired) electrons. The molecule has 0 saturated heterocycles. The second kappa shape index (κ2) is 7.86. The summed E-state index contributed by atoms with van der Waals surface area (Å²) in [5, 5.41) is 3.00. The van der Waals surface area contributed by atoms with Crippen LogP contribution in [0.15, 0.2) is 48.5 Å². The number of benzene rings is 2. The van der Waals surface area contributed by atoms with E-state index in [9.17, 15) is 4.79 Å². The van der Waals surface area contributed by atoms with Crippen molar-refractivity contribution in [1.29, 1.82) is 0 Å². The number of urea groups is 1. The molecule has 0 fully saturated rings. The number of hydrogen-bond donors (Lipinski definition) is 1. The van der Waals surface area contributed by atoms with Gasteiger partial charge in [-0.05, 0) is 49.9 Å². The van der Waals surface area contributed by atoms with E-state index in [1.54, 1.807) is 0 Å². The molecule has 1 aliphatic rings. The number of amides is 2. The summed E-state index contributed by atoms with van der Waals surface area (Å²) in [6.45, 7) is 4.05. The van der Waals surface area contributed by atoms with E-state index in [1.165, 1.54) is 11.1 Å². The van der Waals surface area contributed by atoms with Crippen LogP contribution >= 0.6 is 0 Å². The van der Waals surface area contributed by atoms with Crippen molar-refractivity contribution in [1.82, 2.24) is 5.32 Å². The molecule has 0 aromatic heterocycles. The van der Waals surface area contributed by atoms with Gasteiger partial charge in [-0.1, -0.05) is 35.9 Å². The van der Waals surface area contributed by atoms with Crippen LogP contribution in [-0.4, -0.2) is 25.7 Å². The highest BCUT2D eigenvalue weighted by Crippen LogP contribution is 2.26. The van der Waals surface area contributed by atoms with Gasteiger partial charge in [0.1, 0.15) is 5.75 Å². The zero-order chi connectivity index (χ0) is 16.8. The van der Waals surface area contributed by atoms with E-state index in [0.29, 0.717) is 13.2 Å². The predicted octanol–water partition coefficient (Wildman–Crippen LogP) is 3.93. The summed E-state index contributed by atoms with van der Waals surface area (Å²) >= 11 is 0. The second-order valence-corrected chi connectivity index (χ2v) is 6.13. The number of carbonyl (C=O) groups excluding carboxylic acids is 1. The number of fused-ring (bicyclic) bond motifs is 1. The lowest BCUT2D eigenvalue weighted by molar-refractivity contribution is 0.244. The number of anilines is 1. The van der Waals surface area contributed by atoms with Gasteiger partial charge in [0.15, 0.2) is 0 Å². The number of ether oxygens (including phenoxy) is 1. The fourth-order valence-electron chi connectivity index (χ4n) is 2.93. The summed E-state index contributed by atoms with van der Waals surface area (Å²) in [6, 6.07) is 16.1. The first-order valence-corrected chi connectivity index (χ1v) is 8.57. The molecule has 1 aliphatic heterocycles. The Morgan fingerprint density at radius 2 is 1.96 bits per heavy atom. The van der Waals surface area contributed by atoms with Crippen molar-refractivity contribution >= 4 is 11.7 Å². The largest absolute Gasteiger partial charge is 0.494 e. The summed E-state index contributed by atoms with van der Waals surface area (Å²) in [5.74, 6) is 0.872. The first-order valence-electron chi connectivity index (χ1n) is 8.57. The molecule has 0 aliphatic carbocycles. The number of rotatable bonds is 5. The zero-order valence-electron chi connectivity index (χ0n) is 14.1. The SMILES string of the molecule is Cc1ccc(OCCCNC(=O)N2CCCc3ccccc32)cc1. The second-order valence-electron chi connectivity index (χ2n) is 6.13. The highest BCUT2D eigenvalue weighted by Gasteiger charge is 2.21. The Labute approximate surface area is 143 Å². The fraction of sp³-hybridized carbons (Fsp3) is 0.350. The average molecular weight is 324 g/mol. The zero-order valence-corrected chi connectivity index (χ0v) is 14.1. The Kier molecular flexibility index (Phi) is 5.36. The van der Waals surface area contributed by atoms with Gasteiger partial charge in [-0.3, -0.25) is 4.90 Å². The first-order chi connectivity index (χ1) is 11.7. The quantitative estimate of drug-likeness (QED) is 0.847. The summed E-state index contributed by atoms with van der Waals surface area (Å²) in [4.78, 5) is 14.3. The standard InChI is InChI=1S/C20H24N2O2/c1-16-9-11-18(12-10-16)24-15-5-13-21-20(23)22-14-4-7-17-6-2-3-8-19(17)22/h2-3,6,8-12H,4-5,7,13-15H2,1H3,(H,21,23). The molecular formula is C20H24N2O2. The van der Waals surface area contributed by atoms with E-state index in [2.05, 4.69) is 18.3 Å². The topological polar surface area (TPSA) is 41.6 Å². The van der Waals surface area contributed by atoms with Crippen molar-refractivity contribution in [2.45, 2.75) is 26.2 Å². The van der Waals surface area contributed by atoms with E-state index in [1.807, 2.05) is 47.4 Å². The predicted molar refractivity (Wildman–Crippen MR) is 96.8 cm³/mol. The van der Waals surface area contributed by atoms with Crippen molar-refractivity contribution in [3.05, 3.63) is 59.7 Å². The highest BCUT2D eigenvalue weighted by molar-refractivity contribution is 5.93. The van der Waals surface area contributed by atoms with Crippen molar-refractivity contribution < 1.29 is 9.53 Å². The number of hydrogen-bond acceptors (Lipinski definition) is 2. The molecule has 0 unspecified atom stereocenters. The van der Waals surface area contributed by atoms with Crippen molar-refractivity contribution in [3.8, 4) is 5.75 Å². The summed E-state index contributed by atoms with van der Waals surface area (Å²) in [5.41, 5.74) is 3.51. The van der Waals surface area contributed by atoms with Gasteiger partial charge in [-0.15, -0.1) is 0 Å². The van der Waals surface area contributed by atoms with Gasteiger partial charge in [0.25, 0.3) is 0 Å². The molecule has 1 heterocycles. The van der Waals surface area contributed by atoms with Crippen LogP contribution in [-0.2, 0) is 6.42 Å². The van der Waals surface area contributed by atoms with E-state index < -0.39 is 0 Å². The number of nitrogens with one attached hydrogen (secondary N) is 1. The lowest BCUT2D eigenvalue weighted by atomic mass is 10.0. The Balaban J connectivity index is 1.42. The number of aryl methyl sites for hydroxylation is 2. The van der Waals surface area contributed by atoms with E-state index in [-0.39, 0.29) is 6.03 Å². The molecule has 3 rings (SSSR count). The highest BCUT2D eigenvalue weighted by atomic mass is 16.5. The van der Waals surface area contributed by atoms with Gasteiger partial charge >= 0.3 is 6.03 Å². The fourth-order valence-corrected chi connectivity index (χ4v) is 2.93. The van der Waals surface area contributed by atoms with Crippen LogP contribution in [0.4, 0.5) is 10.5 Å². The van der Waals surface area contributed by atoms with Crippen LogP contribution in [0.1, 0.15) is 24.0 Å². The Morgan fingerprint density at radius 3 is 2.79 bits per heavy atom. The van der Waals surface area contributed by atoms with Crippen LogP contribution in [0, 0.1) is 6.92 Å². The number of para-hydroxylation sites is 1. The van der Waals surface area contributed by atoms with Crippen LogP contribution in [0.25, 0.3) is 0 Å². The van der Waals surface area contributed by atoms with Crippen LogP contribution in [0.2, 0.25) is 0 Å². The molecule has 1 N–H and O–H groups in total. The maximum absolute atomic E-state index is 12.4. The third-order valence-corrected chi connectivity index (χ3v) is 4.24. The molecular weight excluding hydrogens is 300 g/mol. The third kappa shape index (κ3) is 4.07. The molecule has 24 heavy (non-hydrogen) atoms. The summed E-state index contributed by atoms with van der Waals surface area (Å²) in [6.07, 6.45) is 2.85. The Hall–Kier alpha value is -2.49. The molecule has 2 aromatic carbocycles. The molecule has 0 spiro atoms. The normalized spacial score (nSPS) is 13.3. The monoisotopic (exact) mass is 324 g/mol. The average Bonchev–Trinajstić information content (AvgIpc) is 2.62. The molecule has 4 heteroatoms. The van der Waals surface area contributed by atoms with Crippen molar-refractivity contribution in [2.24, 2.45) is 0 Å². The van der Waals surface area contributed by atoms with E-state index in [0.717, 1.165) is 37.2 Å². The minimum Gasteiger partial charge on any atom is -0.494 e. The van der Waals surface area contributed by atoms with Crippen LogP contribution in [0.3, 0.4) is 0 Å². The molecule has 2 aromatic rings. The van der Waals surface area contributed by atoms with Crippen LogP contribution < -0.4 is 15.0 Å². The molecule has 0 atom stereocenters. The summed E-state index contributed by atoms with van der Waals surface area (Å²) < 4.78 is 5.68. The summed E-state index contributed by atoms with van der Waals surface area (Å²) in [7, 11) is 0. The maximum atomic E-state index is 12.4. The minimum atomic E-state index is -0.0162. The maximum Gasteiger partial charge on any atom is 0.321 e. The molecule has 2 amide bonds. The first kappa shape index (κ1) is 16.4. The Morgan fingerprint density at radius 1 is 1.17 bits per heavy atom. The van der Waals surface area contributed by atoms with Gasteiger partial charge in [-0.2, -0.15) is 0 Å². The van der Waals surface area contributed by atoms with Gasteiger partial charge in [-0.25, -0.2) is 4.79 Å². The smallest absolute Gasteiger partial charge is 0.321 e. The molecule has 0 bridgehead atoms. The third-order valence-electron chi connectivity index (χ3n) is 4.24.